The molecule has 0 aromatic heterocycles. The zero-order valence-corrected chi connectivity index (χ0v) is 27.8. The Balaban J connectivity index is 1.92. The lowest BCUT2D eigenvalue weighted by molar-refractivity contribution is -0.141. The lowest BCUT2D eigenvalue weighted by Crippen LogP contribution is -2.52. The Labute approximate surface area is 266 Å². The van der Waals surface area contributed by atoms with Crippen LogP contribution in [0.2, 0.25) is 10.0 Å². The van der Waals surface area contributed by atoms with Gasteiger partial charge in [0.2, 0.25) is 21.8 Å². The van der Waals surface area contributed by atoms with Gasteiger partial charge in [0.25, 0.3) is 0 Å². The van der Waals surface area contributed by atoms with E-state index in [-0.39, 0.29) is 43.8 Å². The molecule has 0 saturated heterocycles. The van der Waals surface area contributed by atoms with Gasteiger partial charge in [0.1, 0.15) is 6.04 Å². The van der Waals surface area contributed by atoms with Crippen molar-refractivity contribution in [1.29, 1.82) is 0 Å². The van der Waals surface area contributed by atoms with Crippen LogP contribution in [-0.4, -0.2) is 50.0 Å². The number of sulfonamides is 1. The van der Waals surface area contributed by atoms with Crippen molar-refractivity contribution in [3.8, 4) is 0 Å². The molecule has 43 heavy (non-hydrogen) atoms. The molecule has 0 aliphatic heterocycles. The first-order chi connectivity index (χ1) is 20.3. The van der Waals surface area contributed by atoms with Gasteiger partial charge in [-0.05, 0) is 80.1 Å². The van der Waals surface area contributed by atoms with Gasteiger partial charge in [-0.3, -0.25) is 13.9 Å². The molecule has 0 heterocycles. The zero-order valence-electron chi connectivity index (χ0n) is 25.4. The first-order valence-corrected chi connectivity index (χ1v) is 17.0. The molecule has 0 spiro atoms. The molecule has 3 aromatic carbocycles. The summed E-state index contributed by atoms with van der Waals surface area (Å²) in [5, 5.41) is 3.80. The van der Waals surface area contributed by atoms with Crippen LogP contribution in [0.3, 0.4) is 0 Å². The fourth-order valence-corrected chi connectivity index (χ4v) is 5.99. The first kappa shape index (κ1) is 34.4. The number of hydrogen-bond acceptors (Lipinski definition) is 4. The molecular weight excluding hydrogens is 605 g/mol. The molecule has 0 unspecified atom stereocenters. The minimum Gasteiger partial charge on any atom is -0.352 e. The highest BCUT2D eigenvalue weighted by Crippen LogP contribution is 2.26. The standard InChI is InChI=1S/C33H41Cl2N3O4S/c1-6-25(4)36-33(40)31(21-26-11-8-7-9-12-26)37(22-27-15-17-29(34)30(35)20-27)32(39)13-10-18-38(43(5,41)42)28-16-14-23(2)24(3)19-28/h7-9,11-12,14-17,19-20,25,31H,6,10,13,18,21-22H2,1-5H3,(H,36,40)/t25-,31-/m0/s1. The quantitative estimate of drug-likeness (QED) is 0.211. The summed E-state index contributed by atoms with van der Waals surface area (Å²) in [4.78, 5) is 29.2. The zero-order chi connectivity index (χ0) is 31.7. The lowest BCUT2D eigenvalue weighted by atomic mass is 10.0. The number of carbonyl (C=O) groups excluding carboxylic acids is 2. The van der Waals surface area contributed by atoms with Gasteiger partial charge < -0.3 is 10.2 Å². The summed E-state index contributed by atoms with van der Waals surface area (Å²) < 4.78 is 26.8. The number of anilines is 1. The van der Waals surface area contributed by atoms with Crippen molar-refractivity contribution in [2.24, 2.45) is 0 Å². The summed E-state index contributed by atoms with van der Waals surface area (Å²) in [6.45, 7) is 8.06. The Bertz CT molecular complexity index is 1520. The van der Waals surface area contributed by atoms with Crippen molar-refractivity contribution >= 4 is 50.7 Å². The summed E-state index contributed by atoms with van der Waals surface area (Å²) >= 11 is 12.4. The third kappa shape index (κ3) is 9.98. The largest absolute Gasteiger partial charge is 0.352 e. The highest BCUT2D eigenvalue weighted by molar-refractivity contribution is 7.92. The minimum absolute atomic E-state index is 0.0418. The van der Waals surface area contributed by atoms with E-state index in [1.807, 2.05) is 70.2 Å². The molecule has 3 rings (SSSR count). The number of benzene rings is 3. The Hall–Kier alpha value is -3.07. The van der Waals surface area contributed by atoms with Gasteiger partial charge in [0.15, 0.2) is 0 Å². The number of amides is 2. The summed E-state index contributed by atoms with van der Waals surface area (Å²) in [6, 6.07) is 19.3. The van der Waals surface area contributed by atoms with Crippen molar-refractivity contribution in [3.63, 3.8) is 0 Å². The second kappa shape index (κ2) is 15.6. The van der Waals surface area contributed by atoms with E-state index in [0.29, 0.717) is 22.2 Å². The number of carbonyl (C=O) groups is 2. The van der Waals surface area contributed by atoms with Crippen molar-refractivity contribution in [3.05, 3.63) is 99.0 Å². The SMILES string of the molecule is CC[C@H](C)NC(=O)[C@H](Cc1ccccc1)N(Cc1ccc(Cl)c(Cl)c1)C(=O)CCCN(c1ccc(C)c(C)c1)S(C)(=O)=O. The summed E-state index contributed by atoms with van der Waals surface area (Å²) in [6.07, 6.45) is 2.52. The molecule has 0 aliphatic rings. The molecule has 2 atom stereocenters. The second-order valence-electron chi connectivity index (χ2n) is 11.0. The molecule has 232 valence electrons. The number of nitrogens with zero attached hydrogens (tertiary/aromatic N) is 2. The summed E-state index contributed by atoms with van der Waals surface area (Å²) in [5.74, 6) is -0.514. The molecule has 0 bridgehead atoms. The van der Waals surface area contributed by atoms with Crippen LogP contribution in [0, 0.1) is 13.8 Å². The van der Waals surface area contributed by atoms with Crippen LogP contribution in [0.25, 0.3) is 0 Å². The third-order valence-corrected chi connectivity index (χ3v) is 9.47. The molecule has 0 aliphatic carbocycles. The summed E-state index contributed by atoms with van der Waals surface area (Å²) in [5.41, 5.74) is 4.24. The molecule has 0 saturated carbocycles. The normalized spacial score (nSPS) is 12.8. The number of aryl methyl sites for hydroxylation is 2. The highest BCUT2D eigenvalue weighted by Gasteiger charge is 2.31. The fourth-order valence-electron chi connectivity index (χ4n) is 4.71. The monoisotopic (exact) mass is 645 g/mol. The average Bonchev–Trinajstić information content (AvgIpc) is 2.96. The number of hydrogen-bond donors (Lipinski definition) is 1. The number of nitrogens with one attached hydrogen (secondary N) is 1. The van der Waals surface area contributed by atoms with Crippen LogP contribution < -0.4 is 9.62 Å². The van der Waals surface area contributed by atoms with Gasteiger partial charge in [-0.1, -0.05) is 72.6 Å². The van der Waals surface area contributed by atoms with Crippen molar-refractivity contribution in [2.75, 3.05) is 17.1 Å². The van der Waals surface area contributed by atoms with E-state index in [1.54, 1.807) is 29.2 Å². The van der Waals surface area contributed by atoms with Crippen LogP contribution in [-0.2, 0) is 32.6 Å². The Morgan fingerprint density at radius 1 is 0.907 bits per heavy atom. The van der Waals surface area contributed by atoms with Gasteiger partial charge in [-0.25, -0.2) is 8.42 Å². The topological polar surface area (TPSA) is 86.8 Å². The van der Waals surface area contributed by atoms with Crippen LogP contribution in [0.4, 0.5) is 5.69 Å². The Kier molecular flexibility index (Phi) is 12.5. The first-order valence-electron chi connectivity index (χ1n) is 14.4. The van der Waals surface area contributed by atoms with E-state index in [4.69, 9.17) is 23.2 Å². The van der Waals surface area contributed by atoms with Gasteiger partial charge >= 0.3 is 0 Å². The summed E-state index contributed by atoms with van der Waals surface area (Å²) in [7, 11) is -3.59. The number of rotatable bonds is 14. The fraction of sp³-hybridized carbons (Fsp3) is 0.394. The smallest absolute Gasteiger partial charge is 0.243 e. The number of halogens is 2. The molecule has 2 amide bonds. The Morgan fingerprint density at radius 3 is 2.21 bits per heavy atom. The van der Waals surface area contributed by atoms with E-state index in [9.17, 15) is 18.0 Å². The molecule has 0 radical (unpaired) electrons. The van der Waals surface area contributed by atoms with Crippen LogP contribution in [0.5, 0.6) is 0 Å². The molecule has 3 aromatic rings. The average molecular weight is 647 g/mol. The van der Waals surface area contributed by atoms with Gasteiger partial charge in [-0.2, -0.15) is 0 Å². The van der Waals surface area contributed by atoms with E-state index >= 15 is 0 Å². The predicted octanol–water partition coefficient (Wildman–Crippen LogP) is 6.71. The van der Waals surface area contributed by atoms with Crippen molar-refractivity contribution in [1.82, 2.24) is 10.2 Å². The van der Waals surface area contributed by atoms with Crippen LogP contribution in [0.1, 0.15) is 55.4 Å². The third-order valence-electron chi connectivity index (χ3n) is 7.54. The molecule has 10 heteroatoms. The van der Waals surface area contributed by atoms with Crippen molar-refractivity contribution in [2.45, 2.75) is 72.0 Å². The predicted molar refractivity (Wildman–Crippen MR) is 176 cm³/mol. The van der Waals surface area contributed by atoms with Crippen LogP contribution in [0.15, 0.2) is 66.7 Å². The van der Waals surface area contributed by atoms with Gasteiger partial charge in [-0.15, -0.1) is 0 Å². The Morgan fingerprint density at radius 2 is 1.60 bits per heavy atom. The van der Waals surface area contributed by atoms with Crippen molar-refractivity contribution < 1.29 is 18.0 Å². The minimum atomic E-state index is -3.59. The lowest BCUT2D eigenvalue weighted by Gasteiger charge is -2.33. The second-order valence-corrected chi connectivity index (χ2v) is 13.7. The van der Waals surface area contributed by atoms with Crippen LogP contribution >= 0.6 is 23.2 Å². The van der Waals surface area contributed by atoms with Gasteiger partial charge in [0, 0.05) is 32.0 Å². The maximum Gasteiger partial charge on any atom is 0.243 e. The van der Waals surface area contributed by atoms with Gasteiger partial charge in [0.05, 0.1) is 22.0 Å². The maximum absolute atomic E-state index is 14.0. The molecule has 1 N–H and O–H groups in total. The highest BCUT2D eigenvalue weighted by atomic mass is 35.5. The molecule has 7 nitrogen and oxygen atoms in total. The van der Waals surface area contributed by atoms with E-state index < -0.39 is 16.1 Å². The molecular formula is C33H41Cl2N3O4S. The molecule has 0 fully saturated rings. The van der Waals surface area contributed by atoms with E-state index in [1.165, 1.54) is 4.31 Å². The van der Waals surface area contributed by atoms with E-state index in [2.05, 4.69) is 5.32 Å². The van der Waals surface area contributed by atoms with E-state index in [0.717, 1.165) is 34.9 Å². The maximum atomic E-state index is 14.0.